The summed E-state index contributed by atoms with van der Waals surface area (Å²) in [5.74, 6) is -7.21. The molecule has 0 bridgehead atoms. The lowest BCUT2D eigenvalue weighted by Crippen LogP contribution is -2.52. The predicted molar refractivity (Wildman–Crippen MR) is 48.0 cm³/mol. The molecule has 0 saturated carbocycles. The van der Waals surface area contributed by atoms with Crippen molar-refractivity contribution in [1.82, 2.24) is 5.32 Å². The van der Waals surface area contributed by atoms with Gasteiger partial charge in [0.15, 0.2) is 11.7 Å². The number of nitrogens with two attached hydrogens (primary N) is 1. The zero-order chi connectivity index (χ0) is 11.6. The van der Waals surface area contributed by atoms with Crippen molar-refractivity contribution in [2.24, 2.45) is 5.73 Å². The summed E-state index contributed by atoms with van der Waals surface area (Å²) in [5.41, 5.74) is 5.33. The molecule has 0 saturated heterocycles. The highest BCUT2D eigenvalue weighted by Gasteiger charge is 2.41. The number of hydrogen-bond donors (Lipinski definition) is 2. The van der Waals surface area contributed by atoms with Gasteiger partial charge in [-0.3, -0.25) is 5.32 Å². The Hall–Kier alpha value is -0.880. The van der Waals surface area contributed by atoms with Gasteiger partial charge in [0.05, 0.1) is 12.6 Å². The van der Waals surface area contributed by atoms with Crippen LogP contribution in [0.25, 0.3) is 0 Å². The maximum atomic E-state index is 13.7. The molecule has 0 fully saturated rings. The molecule has 0 aromatic heterocycles. The zero-order valence-corrected chi connectivity index (χ0v) is 8.03. The van der Waals surface area contributed by atoms with E-state index in [0.29, 0.717) is 6.42 Å². The van der Waals surface area contributed by atoms with Gasteiger partial charge in [0.2, 0.25) is 5.79 Å². The molecule has 0 aliphatic heterocycles. The van der Waals surface area contributed by atoms with E-state index in [1.54, 1.807) is 6.92 Å². The molecule has 0 heterocycles. The average Bonchev–Trinajstić information content (AvgIpc) is 2.15. The van der Waals surface area contributed by atoms with Crippen LogP contribution in [0.2, 0.25) is 0 Å². The van der Waals surface area contributed by atoms with Gasteiger partial charge in [-0.15, -0.1) is 0 Å². The first-order chi connectivity index (χ1) is 6.89. The van der Waals surface area contributed by atoms with Crippen molar-refractivity contribution in [3.8, 4) is 0 Å². The highest BCUT2D eigenvalue weighted by atomic mass is 19.2. The molecule has 2 unspecified atom stereocenters. The summed E-state index contributed by atoms with van der Waals surface area (Å²) in [6, 6.07) is 0. The van der Waals surface area contributed by atoms with E-state index in [0.717, 1.165) is 0 Å². The molecule has 1 rings (SSSR count). The number of hydrogen-bond acceptors (Lipinski definition) is 2. The molecule has 1 aliphatic carbocycles. The third kappa shape index (κ3) is 2.57. The van der Waals surface area contributed by atoms with E-state index >= 15 is 0 Å². The van der Waals surface area contributed by atoms with Crippen molar-refractivity contribution in [3.05, 3.63) is 30.0 Å². The summed E-state index contributed by atoms with van der Waals surface area (Å²) in [6.07, 6.45) is -0.183. The highest BCUT2D eigenvalue weighted by Crippen LogP contribution is 2.35. The molecule has 0 aromatic carbocycles. The summed E-state index contributed by atoms with van der Waals surface area (Å²) < 4.78 is 52.0. The Kier molecular flexibility index (Phi) is 3.51. The smallest absolute Gasteiger partial charge is 0.224 e. The summed E-state index contributed by atoms with van der Waals surface area (Å²) in [5, 5.41) is 2.02. The van der Waals surface area contributed by atoms with Gasteiger partial charge in [-0.1, -0.05) is 6.92 Å². The van der Waals surface area contributed by atoms with E-state index in [1.807, 2.05) is 5.32 Å². The van der Waals surface area contributed by atoms with Gasteiger partial charge < -0.3 is 5.73 Å². The van der Waals surface area contributed by atoms with E-state index in [9.17, 15) is 17.6 Å². The molecule has 85 valence electrons. The van der Waals surface area contributed by atoms with Crippen molar-refractivity contribution < 1.29 is 17.6 Å². The fraction of sp³-hybridized carbons (Fsp3) is 0.444. The van der Waals surface area contributed by atoms with Crippen LogP contribution in [0, 0.1) is 6.42 Å². The SMILES string of the molecule is CCC(N)NC1(F)[CH]C(F)=C(F)C=C1F. The summed E-state index contributed by atoms with van der Waals surface area (Å²) in [6.45, 7) is 1.64. The molecule has 0 spiro atoms. The first kappa shape index (κ1) is 12.2. The molecule has 3 N–H and O–H groups in total. The van der Waals surface area contributed by atoms with Crippen molar-refractivity contribution in [1.29, 1.82) is 0 Å². The molecule has 1 aliphatic rings. The van der Waals surface area contributed by atoms with Gasteiger partial charge in [-0.05, 0) is 6.42 Å². The number of halogens is 4. The quantitative estimate of drug-likeness (QED) is 0.437. The van der Waals surface area contributed by atoms with Gasteiger partial charge in [0, 0.05) is 6.08 Å². The highest BCUT2D eigenvalue weighted by molar-refractivity contribution is 5.37. The van der Waals surface area contributed by atoms with E-state index < -0.39 is 29.4 Å². The number of allylic oxidation sites excluding steroid dienone is 2. The van der Waals surface area contributed by atoms with Crippen molar-refractivity contribution in [2.45, 2.75) is 25.3 Å². The lowest BCUT2D eigenvalue weighted by molar-refractivity contribution is 0.140. The maximum Gasteiger partial charge on any atom is 0.224 e. The predicted octanol–water partition coefficient (Wildman–Crippen LogP) is 2.16. The molecule has 0 aromatic rings. The van der Waals surface area contributed by atoms with Crippen molar-refractivity contribution in [3.63, 3.8) is 0 Å². The molecular weight excluding hydrogens is 212 g/mol. The monoisotopic (exact) mass is 223 g/mol. The van der Waals surface area contributed by atoms with Gasteiger partial charge in [-0.2, -0.15) is 0 Å². The van der Waals surface area contributed by atoms with E-state index in [4.69, 9.17) is 5.73 Å². The normalized spacial score (nSPS) is 29.1. The topological polar surface area (TPSA) is 38.0 Å². The Bertz CT molecular complexity index is 313. The largest absolute Gasteiger partial charge is 0.316 e. The number of alkyl halides is 1. The van der Waals surface area contributed by atoms with Crippen LogP contribution in [-0.4, -0.2) is 12.0 Å². The Morgan fingerprint density at radius 3 is 2.53 bits per heavy atom. The van der Waals surface area contributed by atoms with Gasteiger partial charge >= 0.3 is 0 Å². The number of rotatable bonds is 3. The first-order valence-electron chi connectivity index (χ1n) is 4.40. The Balaban J connectivity index is 2.85. The summed E-state index contributed by atoms with van der Waals surface area (Å²) in [4.78, 5) is 0. The Labute approximate surface area is 84.8 Å². The average molecular weight is 223 g/mol. The summed E-state index contributed by atoms with van der Waals surface area (Å²) >= 11 is 0. The van der Waals surface area contributed by atoms with Crippen LogP contribution < -0.4 is 11.1 Å². The zero-order valence-electron chi connectivity index (χ0n) is 8.03. The van der Waals surface area contributed by atoms with Gasteiger partial charge in [0.1, 0.15) is 5.83 Å². The lowest BCUT2D eigenvalue weighted by atomic mass is 10.0. The lowest BCUT2D eigenvalue weighted by Gasteiger charge is -2.29. The minimum atomic E-state index is -2.87. The molecule has 15 heavy (non-hydrogen) atoms. The van der Waals surface area contributed by atoms with Gasteiger partial charge in [-0.25, -0.2) is 17.6 Å². The minimum Gasteiger partial charge on any atom is -0.316 e. The fourth-order valence-electron chi connectivity index (χ4n) is 1.08. The van der Waals surface area contributed by atoms with Crippen LogP contribution in [0.3, 0.4) is 0 Å². The molecular formula is C9H11F4N2. The first-order valence-corrected chi connectivity index (χ1v) is 4.40. The molecule has 2 atom stereocenters. The van der Waals surface area contributed by atoms with E-state index in [1.165, 1.54) is 0 Å². The van der Waals surface area contributed by atoms with Crippen LogP contribution >= 0.6 is 0 Å². The van der Waals surface area contributed by atoms with E-state index in [-0.39, 0.29) is 12.5 Å². The van der Waals surface area contributed by atoms with Crippen LogP contribution in [0.5, 0.6) is 0 Å². The van der Waals surface area contributed by atoms with E-state index in [2.05, 4.69) is 0 Å². The second-order valence-electron chi connectivity index (χ2n) is 3.20. The van der Waals surface area contributed by atoms with Crippen LogP contribution in [0.1, 0.15) is 13.3 Å². The van der Waals surface area contributed by atoms with Crippen molar-refractivity contribution in [2.75, 3.05) is 0 Å². The third-order valence-corrected chi connectivity index (χ3v) is 1.99. The van der Waals surface area contributed by atoms with Gasteiger partial charge in [0.25, 0.3) is 0 Å². The van der Waals surface area contributed by atoms with Crippen molar-refractivity contribution >= 4 is 0 Å². The summed E-state index contributed by atoms with van der Waals surface area (Å²) in [7, 11) is 0. The third-order valence-electron chi connectivity index (χ3n) is 1.99. The fourth-order valence-corrected chi connectivity index (χ4v) is 1.08. The minimum absolute atomic E-state index is 0.157. The number of nitrogens with one attached hydrogen (secondary N) is 1. The second-order valence-corrected chi connectivity index (χ2v) is 3.20. The van der Waals surface area contributed by atoms with Crippen LogP contribution in [-0.2, 0) is 0 Å². The maximum absolute atomic E-state index is 13.7. The Morgan fingerprint density at radius 2 is 2.00 bits per heavy atom. The van der Waals surface area contributed by atoms with Crippen LogP contribution in [0.15, 0.2) is 23.6 Å². The molecule has 6 heteroatoms. The second kappa shape index (κ2) is 4.32. The molecule has 2 nitrogen and oxygen atoms in total. The van der Waals surface area contributed by atoms with Crippen LogP contribution in [0.4, 0.5) is 17.6 Å². The molecule has 0 amide bonds. The molecule has 1 radical (unpaired) electrons. The Morgan fingerprint density at radius 1 is 1.40 bits per heavy atom. The standard InChI is InChI=1S/C9H11F4N2/c1-2-8(14)15-9(13)4-6(11)5(10)3-7(9)12/h3-4,8,15H,2,14H2,1H3.